The van der Waals surface area contributed by atoms with Crippen molar-refractivity contribution in [3.63, 3.8) is 0 Å². The number of benzene rings is 1. The number of carboxylic acid groups (broad SMARTS) is 1. The van der Waals surface area contributed by atoms with Crippen molar-refractivity contribution in [2.45, 2.75) is 0 Å². The van der Waals surface area contributed by atoms with Gasteiger partial charge in [0.25, 0.3) is 0 Å². The summed E-state index contributed by atoms with van der Waals surface area (Å²) in [5.41, 5.74) is 0.424. The van der Waals surface area contributed by atoms with Crippen molar-refractivity contribution >= 4 is 11.7 Å². The number of hydrogen-bond donors (Lipinski definition) is 1. The van der Waals surface area contributed by atoms with Gasteiger partial charge in [0.15, 0.2) is 0 Å². The zero-order valence-corrected chi connectivity index (χ0v) is 7.98. The Morgan fingerprint density at radius 2 is 2.00 bits per heavy atom. The van der Waals surface area contributed by atoms with E-state index in [0.717, 1.165) is 13.1 Å². The van der Waals surface area contributed by atoms with Gasteiger partial charge in [-0.2, -0.15) is 0 Å². The van der Waals surface area contributed by atoms with Gasteiger partial charge in [-0.3, -0.25) is 0 Å². The van der Waals surface area contributed by atoms with Gasteiger partial charge in [-0.25, -0.2) is 9.18 Å². The third-order valence-corrected chi connectivity index (χ3v) is 2.37. The standard InChI is InChI=1S/C11H10FNO2/c12-10-7-8(13-5-1-2-6-13)3-4-9(10)11(14)15/h1-4,7H,5-6H2,(H,14,15). The second-order valence-electron chi connectivity index (χ2n) is 3.35. The van der Waals surface area contributed by atoms with Crippen LogP contribution in [0.25, 0.3) is 0 Å². The van der Waals surface area contributed by atoms with Crippen LogP contribution in [0.2, 0.25) is 0 Å². The zero-order chi connectivity index (χ0) is 10.8. The van der Waals surface area contributed by atoms with Gasteiger partial charge >= 0.3 is 5.97 Å². The minimum absolute atomic E-state index is 0.286. The molecule has 1 aromatic carbocycles. The lowest BCUT2D eigenvalue weighted by atomic mass is 10.2. The first kappa shape index (κ1) is 9.71. The van der Waals surface area contributed by atoms with Gasteiger partial charge in [0.05, 0.1) is 5.56 Å². The lowest BCUT2D eigenvalue weighted by molar-refractivity contribution is 0.0692. The number of rotatable bonds is 2. The number of halogens is 1. The maximum Gasteiger partial charge on any atom is 0.338 e. The highest BCUT2D eigenvalue weighted by molar-refractivity contribution is 5.88. The summed E-state index contributed by atoms with van der Waals surface area (Å²) in [6.07, 6.45) is 3.98. The fraction of sp³-hybridized carbons (Fsp3) is 0.182. The maximum absolute atomic E-state index is 13.3. The Morgan fingerprint density at radius 1 is 1.33 bits per heavy atom. The molecule has 15 heavy (non-hydrogen) atoms. The van der Waals surface area contributed by atoms with Crippen LogP contribution in [0.4, 0.5) is 10.1 Å². The van der Waals surface area contributed by atoms with Crippen LogP contribution in [0.15, 0.2) is 30.4 Å². The van der Waals surface area contributed by atoms with Crippen LogP contribution in [-0.4, -0.2) is 24.2 Å². The van der Waals surface area contributed by atoms with E-state index in [-0.39, 0.29) is 5.56 Å². The highest BCUT2D eigenvalue weighted by Crippen LogP contribution is 2.20. The molecule has 0 radical (unpaired) electrons. The minimum Gasteiger partial charge on any atom is -0.478 e. The highest BCUT2D eigenvalue weighted by Gasteiger charge is 2.13. The van der Waals surface area contributed by atoms with Crippen molar-refractivity contribution in [3.05, 3.63) is 41.7 Å². The molecule has 0 bridgehead atoms. The summed E-state index contributed by atoms with van der Waals surface area (Å²) in [5, 5.41) is 8.66. The fourth-order valence-corrected chi connectivity index (χ4v) is 1.56. The highest BCUT2D eigenvalue weighted by atomic mass is 19.1. The van der Waals surface area contributed by atoms with Crippen LogP contribution in [0.1, 0.15) is 10.4 Å². The smallest absolute Gasteiger partial charge is 0.338 e. The minimum atomic E-state index is -1.24. The molecular weight excluding hydrogens is 197 g/mol. The number of carboxylic acids is 1. The van der Waals surface area contributed by atoms with Crippen LogP contribution < -0.4 is 4.90 Å². The van der Waals surface area contributed by atoms with Gasteiger partial charge in [-0.05, 0) is 18.2 Å². The Balaban J connectivity index is 2.29. The van der Waals surface area contributed by atoms with E-state index in [1.54, 1.807) is 6.07 Å². The molecule has 1 aliphatic rings. The molecule has 1 N–H and O–H groups in total. The first-order valence-corrected chi connectivity index (χ1v) is 4.61. The number of carbonyl (C=O) groups is 1. The van der Waals surface area contributed by atoms with E-state index in [1.807, 2.05) is 17.1 Å². The number of nitrogens with zero attached hydrogens (tertiary/aromatic N) is 1. The van der Waals surface area contributed by atoms with Gasteiger partial charge in [-0.1, -0.05) is 12.2 Å². The van der Waals surface area contributed by atoms with E-state index < -0.39 is 11.8 Å². The average Bonchev–Trinajstić information content (AvgIpc) is 2.69. The van der Waals surface area contributed by atoms with Gasteiger partial charge in [-0.15, -0.1) is 0 Å². The summed E-state index contributed by atoms with van der Waals surface area (Å²) in [7, 11) is 0. The van der Waals surface area contributed by atoms with Gasteiger partial charge in [0, 0.05) is 18.8 Å². The third-order valence-electron chi connectivity index (χ3n) is 2.37. The summed E-state index contributed by atoms with van der Waals surface area (Å²) in [5.74, 6) is -1.93. The second-order valence-corrected chi connectivity index (χ2v) is 3.35. The molecule has 4 heteroatoms. The average molecular weight is 207 g/mol. The molecule has 0 atom stereocenters. The Bertz CT molecular complexity index is 421. The molecule has 1 heterocycles. The Kier molecular flexibility index (Phi) is 2.41. The van der Waals surface area contributed by atoms with E-state index in [1.165, 1.54) is 12.1 Å². The topological polar surface area (TPSA) is 40.5 Å². The number of aromatic carboxylic acids is 1. The van der Waals surface area contributed by atoms with Gasteiger partial charge < -0.3 is 10.0 Å². The van der Waals surface area contributed by atoms with E-state index in [0.29, 0.717) is 5.69 Å². The number of hydrogen-bond acceptors (Lipinski definition) is 2. The molecular formula is C11H10FNO2. The molecule has 0 saturated carbocycles. The maximum atomic E-state index is 13.3. The van der Waals surface area contributed by atoms with Crippen molar-refractivity contribution in [3.8, 4) is 0 Å². The SMILES string of the molecule is O=C(O)c1ccc(N2CC=CC2)cc1F. The van der Waals surface area contributed by atoms with Crippen molar-refractivity contribution in [2.75, 3.05) is 18.0 Å². The Morgan fingerprint density at radius 3 is 2.53 bits per heavy atom. The molecule has 1 aliphatic heterocycles. The molecule has 2 rings (SSSR count). The van der Waals surface area contributed by atoms with Crippen LogP contribution >= 0.6 is 0 Å². The van der Waals surface area contributed by atoms with Crippen LogP contribution in [0, 0.1) is 5.82 Å². The van der Waals surface area contributed by atoms with Gasteiger partial charge in [0.2, 0.25) is 0 Å². The van der Waals surface area contributed by atoms with Gasteiger partial charge in [0.1, 0.15) is 5.82 Å². The summed E-state index contributed by atoms with van der Waals surface area (Å²) < 4.78 is 13.3. The molecule has 0 unspecified atom stereocenters. The number of anilines is 1. The molecule has 1 aromatic rings. The lowest BCUT2D eigenvalue weighted by Gasteiger charge is -2.17. The summed E-state index contributed by atoms with van der Waals surface area (Å²) in [6.45, 7) is 1.48. The molecule has 0 aromatic heterocycles. The lowest BCUT2D eigenvalue weighted by Crippen LogP contribution is -2.18. The molecule has 0 amide bonds. The second kappa shape index (κ2) is 3.73. The van der Waals surface area contributed by atoms with Crippen LogP contribution in [0.3, 0.4) is 0 Å². The molecule has 78 valence electrons. The largest absolute Gasteiger partial charge is 0.478 e. The first-order chi connectivity index (χ1) is 7.18. The Labute approximate surface area is 86.4 Å². The quantitative estimate of drug-likeness (QED) is 0.753. The zero-order valence-electron chi connectivity index (χ0n) is 7.98. The molecule has 0 saturated heterocycles. The van der Waals surface area contributed by atoms with Crippen LogP contribution in [-0.2, 0) is 0 Å². The fourth-order valence-electron chi connectivity index (χ4n) is 1.56. The van der Waals surface area contributed by atoms with Crippen LogP contribution in [0.5, 0.6) is 0 Å². The molecule has 0 spiro atoms. The molecule has 0 aliphatic carbocycles. The van der Waals surface area contributed by atoms with Crippen molar-refractivity contribution in [1.29, 1.82) is 0 Å². The normalized spacial score (nSPS) is 14.6. The third kappa shape index (κ3) is 1.83. The molecule has 0 fully saturated rings. The van der Waals surface area contributed by atoms with Crippen molar-refractivity contribution in [1.82, 2.24) is 0 Å². The monoisotopic (exact) mass is 207 g/mol. The Hall–Kier alpha value is -1.84. The van der Waals surface area contributed by atoms with Crippen molar-refractivity contribution < 1.29 is 14.3 Å². The van der Waals surface area contributed by atoms with E-state index >= 15 is 0 Å². The van der Waals surface area contributed by atoms with Crippen molar-refractivity contribution in [2.24, 2.45) is 0 Å². The van der Waals surface area contributed by atoms with E-state index in [2.05, 4.69) is 0 Å². The van der Waals surface area contributed by atoms with E-state index in [4.69, 9.17) is 5.11 Å². The summed E-state index contributed by atoms with van der Waals surface area (Å²) >= 11 is 0. The summed E-state index contributed by atoms with van der Waals surface area (Å²) in [6, 6.07) is 4.18. The van der Waals surface area contributed by atoms with E-state index in [9.17, 15) is 9.18 Å². The first-order valence-electron chi connectivity index (χ1n) is 4.61. The predicted molar refractivity (Wildman–Crippen MR) is 54.7 cm³/mol. The summed E-state index contributed by atoms with van der Waals surface area (Å²) in [4.78, 5) is 12.5. The predicted octanol–water partition coefficient (Wildman–Crippen LogP) is 1.90. The molecule has 3 nitrogen and oxygen atoms in total.